The first-order valence-corrected chi connectivity index (χ1v) is 8.23. The molecule has 0 saturated heterocycles. The molecule has 3 nitrogen and oxygen atoms in total. The van der Waals surface area contributed by atoms with E-state index in [0.29, 0.717) is 0 Å². The van der Waals surface area contributed by atoms with Gasteiger partial charge in [-0.2, -0.15) is 11.8 Å². The molecule has 0 unspecified atom stereocenters. The molecule has 0 aliphatic heterocycles. The second-order valence-corrected chi connectivity index (χ2v) is 6.75. The fraction of sp³-hybridized carbons (Fsp3) is 0.667. The summed E-state index contributed by atoms with van der Waals surface area (Å²) in [4.78, 5) is 8.92. The summed E-state index contributed by atoms with van der Waals surface area (Å²) in [6.07, 6.45) is 8.85. The zero-order valence-corrected chi connectivity index (χ0v) is 13.1. The van der Waals surface area contributed by atoms with E-state index in [9.17, 15) is 0 Å². The highest BCUT2D eigenvalue weighted by molar-refractivity contribution is 14.1. The second-order valence-electron chi connectivity index (χ2n) is 4.30. The first kappa shape index (κ1) is 13.4. The van der Waals surface area contributed by atoms with E-state index in [1.807, 2.05) is 25.0 Å². The Bertz CT molecular complexity index is 367. The molecule has 1 N–H and O–H groups in total. The third-order valence-corrected chi connectivity index (χ3v) is 5.19. The van der Waals surface area contributed by atoms with Crippen LogP contribution in [0.3, 0.4) is 0 Å². The van der Waals surface area contributed by atoms with Crippen LogP contribution in [0.4, 0.5) is 5.82 Å². The van der Waals surface area contributed by atoms with Gasteiger partial charge in [0.05, 0.1) is 9.32 Å². The highest BCUT2D eigenvalue weighted by Gasteiger charge is 2.14. The second kappa shape index (κ2) is 6.78. The molecule has 1 heterocycles. The summed E-state index contributed by atoms with van der Waals surface area (Å²) in [6, 6.07) is 0. The summed E-state index contributed by atoms with van der Waals surface area (Å²) in [6.45, 7) is 0. The Hall–Kier alpha value is -0.0400. The van der Waals surface area contributed by atoms with Gasteiger partial charge in [0, 0.05) is 18.5 Å². The quantitative estimate of drug-likeness (QED) is 0.828. The van der Waals surface area contributed by atoms with E-state index in [0.717, 1.165) is 26.2 Å². The number of rotatable bonds is 4. The van der Waals surface area contributed by atoms with Gasteiger partial charge in [-0.1, -0.05) is 19.3 Å². The molecule has 5 heteroatoms. The molecule has 1 aliphatic rings. The number of aromatic nitrogens is 2. The van der Waals surface area contributed by atoms with Gasteiger partial charge in [0.2, 0.25) is 0 Å². The third kappa shape index (κ3) is 3.98. The summed E-state index contributed by atoms with van der Waals surface area (Å²) in [5.74, 6) is 2.83. The number of nitrogens with one attached hydrogen (secondary N) is 1. The van der Waals surface area contributed by atoms with E-state index in [4.69, 9.17) is 0 Å². The topological polar surface area (TPSA) is 37.8 Å². The Labute approximate surface area is 121 Å². The minimum Gasteiger partial charge on any atom is -0.372 e. The zero-order valence-electron chi connectivity index (χ0n) is 10.1. The van der Waals surface area contributed by atoms with Crippen molar-refractivity contribution in [2.45, 2.75) is 43.1 Å². The lowest BCUT2D eigenvalue weighted by molar-refractivity contribution is 0.516. The fourth-order valence-electron chi connectivity index (χ4n) is 2.07. The van der Waals surface area contributed by atoms with Crippen molar-refractivity contribution in [3.05, 3.63) is 15.6 Å². The van der Waals surface area contributed by atoms with Crippen LogP contribution in [0.5, 0.6) is 0 Å². The van der Waals surface area contributed by atoms with Gasteiger partial charge in [-0.05, 0) is 35.4 Å². The third-order valence-electron chi connectivity index (χ3n) is 3.03. The van der Waals surface area contributed by atoms with Crippen LogP contribution in [0, 0.1) is 3.57 Å². The van der Waals surface area contributed by atoms with Crippen LogP contribution in [0.2, 0.25) is 0 Å². The number of halogens is 1. The Balaban J connectivity index is 1.89. The summed E-state index contributed by atoms with van der Waals surface area (Å²) in [5.41, 5.74) is 0. The molecule has 1 aliphatic carbocycles. The van der Waals surface area contributed by atoms with Crippen LogP contribution < -0.4 is 5.32 Å². The van der Waals surface area contributed by atoms with Crippen molar-refractivity contribution in [1.82, 2.24) is 9.97 Å². The summed E-state index contributed by atoms with van der Waals surface area (Å²) in [7, 11) is 1.91. The van der Waals surface area contributed by atoms with Crippen LogP contribution >= 0.6 is 34.4 Å². The Morgan fingerprint density at radius 3 is 2.88 bits per heavy atom. The molecule has 0 amide bonds. The van der Waals surface area contributed by atoms with E-state index >= 15 is 0 Å². The molecule has 0 atom stereocenters. The zero-order chi connectivity index (χ0) is 12.1. The minimum atomic E-state index is 0.824. The predicted octanol–water partition coefficient (Wildman–Crippen LogP) is 3.69. The fourth-order valence-corrected chi connectivity index (χ4v) is 3.79. The molecule has 0 aromatic carbocycles. The lowest BCUT2D eigenvalue weighted by Crippen LogP contribution is -2.09. The van der Waals surface area contributed by atoms with Crippen molar-refractivity contribution in [2.24, 2.45) is 0 Å². The van der Waals surface area contributed by atoms with Crippen molar-refractivity contribution in [3.8, 4) is 0 Å². The van der Waals surface area contributed by atoms with E-state index < -0.39 is 0 Å². The Morgan fingerprint density at radius 1 is 1.41 bits per heavy atom. The molecule has 0 radical (unpaired) electrons. The van der Waals surface area contributed by atoms with E-state index in [1.165, 1.54) is 32.1 Å². The van der Waals surface area contributed by atoms with E-state index in [-0.39, 0.29) is 0 Å². The molecule has 94 valence electrons. The summed E-state index contributed by atoms with van der Waals surface area (Å²) >= 11 is 4.27. The van der Waals surface area contributed by atoms with Gasteiger partial charge in [-0.3, -0.25) is 0 Å². The number of anilines is 1. The predicted molar refractivity (Wildman–Crippen MR) is 82.5 cm³/mol. The standard InChI is InChI=1S/C12H18IN3S/c1-14-12-10(13)7-15-11(16-12)8-17-9-5-3-2-4-6-9/h7,9H,2-6,8H2,1H3,(H,14,15,16). The highest BCUT2D eigenvalue weighted by atomic mass is 127. The van der Waals surface area contributed by atoms with E-state index in [1.54, 1.807) is 0 Å². The first-order valence-electron chi connectivity index (χ1n) is 6.10. The van der Waals surface area contributed by atoms with Gasteiger partial charge < -0.3 is 5.32 Å². The average Bonchev–Trinajstić information content (AvgIpc) is 2.39. The molecule has 17 heavy (non-hydrogen) atoms. The Kier molecular flexibility index (Phi) is 5.34. The monoisotopic (exact) mass is 363 g/mol. The number of nitrogens with zero attached hydrogens (tertiary/aromatic N) is 2. The molecule has 1 fully saturated rings. The largest absolute Gasteiger partial charge is 0.372 e. The van der Waals surface area contributed by atoms with Crippen molar-refractivity contribution in [2.75, 3.05) is 12.4 Å². The maximum absolute atomic E-state index is 4.52. The lowest BCUT2D eigenvalue weighted by atomic mass is 10.0. The average molecular weight is 363 g/mol. The number of thioether (sulfide) groups is 1. The van der Waals surface area contributed by atoms with Crippen molar-refractivity contribution >= 4 is 40.2 Å². The molecule has 0 spiro atoms. The normalized spacial score (nSPS) is 17.1. The van der Waals surface area contributed by atoms with Gasteiger partial charge in [0.15, 0.2) is 0 Å². The van der Waals surface area contributed by atoms with Crippen LogP contribution in [0.25, 0.3) is 0 Å². The smallest absolute Gasteiger partial charge is 0.142 e. The van der Waals surface area contributed by atoms with Gasteiger partial charge in [-0.15, -0.1) is 0 Å². The molecular weight excluding hydrogens is 345 g/mol. The molecule has 1 aromatic rings. The molecule has 1 aromatic heterocycles. The first-order chi connectivity index (χ1) is 8.29. The molecule has 0 bridgehead atoms. The number of hydrogen-bond donors (Lipinski definition) is 1. The maximum Gasteiger partial charge on any atom is 0.142 e. The van der Waals surface area contributed by atoms with Crippen molar-refractivity contribution < 1.29 is 0 Å². The Morgan fingerprint density at radius 2 is 2.18 bits per heavy atom. The van der Waals surface area contributed by atoms with Gasteiger partial charge in [-0.25, -0.2) is 9.97 Å². The highest BCUT2D eigenvalue weighted by Crippen LogP contribution is 2.30. The van der Waals surface area contributed by atoms with Crippen LogP contribution in [0.15, 0.2) is 6.20 Å². The van der Waals surface area contributed by atoms with Gasteiger partial charge in [0.1, 0.15) is 11.6 Å². The van der Waals surface area contributed by atoms with Crippen LogP contribution in [-0.2, 0) is 5.75 Å². The van der Waals surface area contributed by atoms with Crippen molar-refractivity contribution in [3.63, 3.8) is 0 Å². The van der Waals surface area contributed by atoms with Gasteiger partial charge >= 0.3 is 0 Å². The van der Waals surface area contributed by atoms with Crippen LogP contribution in [0.1, 0.15) is 37.9 Å². The minimum absolute atomic E-state index is 0.824. The van der Waals surface area contributed by atoms with E-state index in [2.05, 4.69) is 37.9 Å². The van der Waals surface area contributed by atoms with Crippen molar-refractivity contribution in [1.29, 1.82) is 0 Å². The molecule has 1 saturated carbocycles. The molecule has 2 rings (SSSR count). The lowest BCUT2D eigenvalue weighted by Gasteiger charge is -2.20. The molecular formula is C12H18IN3S. The maximum atomic E-state index is 4.52. The van der Waals surface area contributed by atoms with Gasteiger partial charge in [0.25, 0.3) is 0 Å². The number of hydrogen-bond acceptors (Lipinski definition) is 4. The summed E-state index contributed by atoms with van der Waals surface area (Å²) < 4.78 is 1.08. The van der Waals surface area contributed by atoms with Crippen LogP contribution in [-0.4, -0.2) is 22.3 Å². The summed E-state index contributed by atoms with van der Waals surface area (Å²) in [5, 5.41) is 3.93. The SMILES string of the molecule is CNc1nc(CSC2CCCCC2)ncc1I.